The smallest absolute Gasteiger partial charge is 0.285 e. The highest BCUT2D eigenvalue weighted by Crippen LogP contribution is 2.22. The summed E-state index contributed by atoms with van der Waals surface area (Å²) in [5.41, 5.74) is -0.505. The van der Waals surface area contributed by atoms with E-state index in [2.05, 4.69) is 10.6 Å². The van der Waals surface area contributed by atoms with Crippen LogP contribution >= 0.6 is 0 Å². The molecular formula is C16H13F2N3O4. The average molecular weight is 349 g/mol. The normalized spacial score (nSPS) is 10.2. The van der Waals surface area contributed by atoms with E-state index >= 15 is 0 Å². The summed E-state index contributed by atoms with van der Waals surface area (Å²) in [6.45, 7) is -0.0557. The molecule has 9 heteroatoms. The third-order valence-electron chi connectivity index (χ3n) is 3.35. The van der Waals surface area contributed by atoms with Gasteiger partial charge < -0.3 is 10.6 Å². The Balaban J connectivity index is 2.20. The second-order valence-electron chi connectivity index (χ2n) is 5.00. The summed E-state index contributed by atoms with van der Waals surface area (Å²) in [6, 6.07) is 7.17. The molecule has 0 aliphatic carbocycles. The Morgan fingerprint density at radius 2 is 1.80 bits per heavy atom. The van der Waals surface area contributed by atoms with E-state index in [1.807, 2.05) is 0 Å². The van der Waals surface area contributed by atoms with E-state index in [9.17, 15) is 28.5 Å². The summed E-state index contributed by atoms with van der Waals surface area (Å²) in [5, 5.41) is 15.7. The number of nitro benzene ring substituents is 1. The van der Waals surface area contributed by atoms with Gasteiger partial charge in [-0.15, -0.1) is 0 Å². The molecule has 130 valence electrons. The zero-order chi connectivity index (χ0) is 18.6. The van der Waals surface area contributed by atoms with Gasteiger partial charge in [0.1, 0.15) is 5.56 Å². The minimum absolute atomic E-state index is 0.0557. The zero-order valence-corrected chi connectivity index (χ0v) is 13.0. The Labute approximate surface area is 140 Å². The van der Waals surface area contributed by atoms with E-state index in [-0.39, 0.29) is 12.5 Å². The number of amides is 2. The number of carbonyl (C=O) groups is 2. The summed E-state index contributed by atoms with van der Waals surface area (Å²) < 4.78 is 26.4. The Morgan fingerprint density at radius 3 is 2.44 bits per heavy atom. The molecule has 7 nitrogen and oxygen atoms in total. The lowest BCUT2D eigenvalue weighted by atomic mass is 10.1. The molecule has 0 heterocycles. The van der Waals surface area contributed by atoms with Crippen molar-refractivity contribution < 1.29 is 23.3 Å². The summed E-state index contributed by atoms with van der Waals surface area (Å²) in [4.78, 5) is 33.6. The van der Waals surface area contributed by atoms with Gasteiger partial charge in [-0.1, -0.05) is 12.1 Å². The van der Waals surface area contributed by atoms with Gasteiger partial charge in [-0.25, -0.2) is 8.78 Å². The molecule has 25 heavy (non-hydrogen) atoms. The van der Waals surface area contributed by atoms with E-state index in [4.69, 9.17) is 0 Å². The van der Waals surface area contributed by atoms with Crippen molar-refractivity contribution >= 4 is 17.5 Å². The van der Waals surface area contributed by atoms with E-state index in [0.717, 1.165) is 0 Å². The number of carbonyl (C=O) groups excluding carboxylic acids is 2. The molecule has 0 unspecified atom stereocenters. The highest BCUT2D eigenvalue weighted by molar-refractivity contribution is 5.98. The molecule has 0 atom stereocenters. The van der Waals surface area contributed by atoms with Crippen molar-refractivity contribution in [3.63, 3.8) is 0 Å². The molecule has 0 bridgehead atoms. The fourth-order valence-corrected chi connectivity index (χ4v) is 2.11. The van der Waals surface area contributed by atoms with Gasteiger partial charge in [-0.05, 0) is 23.8 Å². The molecule has 2 rings (SSSR count). The SMILES string of the molecule is CNC(=O)c1cccc(CNC(=O)c2cc(F)c(F)cc2[N+](=O)[O-])c1. The van der Waals surface area contributed by atoms with Crippen LogP contribution in [0.25, 0.3) is 0 Å². The molecule has 2 amide bonds. The van der Waals surface area contributed by atoms with Crippen LogP contribution in [0, 0.1) is 21.7 Å². The molecule has 0 aliphatic heterocycles. The number of rotatable bonds is 5. The summed E-state index contributed by atoms with van der Waals surface area (Å²) in [5.74, 6) is -4.03. The van der Waals surface area contributed by atoms with E-state index in [1.165, 1.54) is 13.1 Å². The van der Waals surface area contributed by atoms with Crippen LogP contribution in [0.4, 0.5) is 14.5 Å². The largest absolute Gasteiger partial charge is 0.355 e. The maximum atomic E-state index is 13.3. The second-order valence-corrected chi connectivity index (χ2v) is 5.00. The van der Waals surface area contributed by atoms with Gasteiger partial charge in [0.15, 0.2) is 11.6 Å². The first-order valence-corrected chi connectivity index (χ1v) is 7.06. The van der Waals surface area contributed by atoms with Gasteiger partial charge in [0.05, 0.1) is 11.0 Å². The molecule has 0 aromatic heterocycles. The Morgan fingerprint density at radius 1 is 1.12 bits per heavy atom. The molecule has 2 aromatic rings. The van der Waals surface area contributed by atoms with Crippen LogP contribution in [0.5, 0.6) is 0 Å². The quantitative estimate of drug-likeness (QED) is 0.638. The second kappa shape index (κ2) is 7.47. The van der Waals surface area contributed by atoms with Crippen molar-refractivity contribution in [1.82, 2.24) is 10.6 Å². The lowest BCUT2D eigenvalue weighted by Crippen LogP contribution is -2.24. The monoisotopic (exact) mass is 349 g/mol. The number of hydrogen-bond acceptors (Lipinski definition) is 4. The van der Waals surface area contributed by atoms with Crippen LogP contribution in [0.3, 0.4) is 0 Å². The number of benzene rings is 2. The number of nitro groups is 1. The van der Waals surface area contributed by atoms with Gasteiger partial charge in [0, 0.05) is 19.2 Å². The maximum absolute atomic E-state index is 13.3. The average Bonchev–Trinajstić information content (AvgIpc) is 2.60. The molecular weight excluding hydrogens is 336 g/mol. The highest BCUT2D eigenvalue weighted by atomic mass is 19.2. The van der Waals surface area contributed by atoms with Crippen molar-refractivity contribution in [1.29, 1.82) is 0 Å². The minimum Gasteiger partial charge on any atom is -0.355 e. The predicted octanol–water partition coefficient (Wildman–Crippen LogP) is 2.16. The van der Waals surface area contributed by atoms with E-state index < -0.39 is 33.7 Å². The fraction of sp³-hybridized carbons (Fsp3) is 0.125. The first-order chi connectivity index (χ1) is 11.8. The number of hydrogen-bond donors (Lipinski definition) is 2. The Hall–Kier alpha value is -3.36. The molecule has 2 N–H and O–H groups in total. The molecule has 0 spiro atoms. The lowest BCUT2D eigenvalue weighted by molar-refractivity contribution is -0.385. The van der Waals surface area contributed by atoms with Crippen LogP contribution in [0.15, 0.2) is 36.4 Å². The number of halogens is 2. The first kappa shape index (κ1) is 18.0. The molecule has 0 saturated heterocycles. The van der Waals surface area contributed by atoms with Crippen LogP contribution < -0.4 is 10.6 Å². The number of nitrogens with one attached hydrogen (secondary N) is 2. The lowest BCUT2D eigenvalue weighted by Gasteiger charge is -2.08. The summed E-state index contributed by atoms with van der Waals surface area (Å²) in [6.07, 6.45) is 0. The molecule has 0 aliphatic rings. The number of nitrogens with zero attached hydrogens (tertiary/aromatic N) is 1. The Bertz CT molecular complexity index is 855. The van der Waals surface area contributed by atoms with Crippen molar-refractivity contribution in [2.75, 3.05) is 7.05 Å². The summed E-state index contributed by atoms with van der Waals surface area (Å²) >= 11 is 0. The van der Waals surface area contributed by atoms with Gasteiger partial charge >= 0.3 is 0 Å². The predicted molar refractivity (Wildman–Crippen MR) is 84.0 cm³/mol. The van der Waals surface area contributed by atoms with Crippen molar-refractivity contribution in [2.24, 2.45) is 0 Å². The zero-order valence-electron chi connectivity index (χ0n) is 13.0. The van der Waals surface area contributed by atoms with Crippen LogP contribution in [0.1, 0.15) is 26.3 Å². The molecule has 0 saturated carbocycles. The van der Waals surface area contributed by atoms with Gasteiger partial charge in [-0.2, -0.15) is 0 Å². The minimum atomic E-state index is -1.42. The highest BCUT2D eigenvalue weighted by Gasteiger charge is 2.23. The molecule has 2 aromatic carbocycles. The van der Waals surface area contributed by atoms with Gasteiger partial charge in [0.2, 0.25) is 0 Å². The maximum Gasteiger partial charge on any atom is 0.285 e. The molecule has 0 radical (unpaired) electrons. The Kier molecular flexibility index (Phi) is 5.38. The first-order valence-electron chi connectivity index (χ1n) is 7.06. The van der Waals surface area contributed by atoms with Gasteiger partial charge in [0.25, 0.3) is 17.5 Å². The van der Waals surface area contributed by atoms with Crippen molar-refractivity contribution in [3.05, 3.63) is 74.8 Å². The van der Waals surface area contributed by atoms with Gasteiger partial charge in [-0.3, -0.25) is 19.7 Å². The van der Waals surface area contributed by atoms with Crippen LogP contribution in [-0.4, -0.2) is 23.8 Å². The van der Waals surface area contributed by atoms with Crippen LogP contribution in [0.2, 0.25) is 0 Å². The van der Waals surface area contributed by atoms with Crippen LogP contribution in [-0.2, 0) is 6.54 Å². The standard InChI is InChI=1S/C16H13F2N3O4/c1-19-15(22)10-4-2-3-9(5-10)8-20-16(23)11-6-12(17)13(18)7-14(11)21(24)25/h2-7H,8H2,1H3,(H,19,22)(H,20,23). The molecule has 0 fully saturated rings. The summed E-state index contributed by atoms with van der Waals surface area (Å²) in [7, 11) is 1.47. The third-order valence-corrected chi connectivity index (χ3v) is 3.35. The topological polar surface area (TPSA) is 101 Å². The third kappa shape index (κ3) is 4.14. The fourth-order valence-electron chi connectivity index (χ4n) is 2.11. The van der Waals surface area contributed by atoms with Crippen molar-refractivity contribution in [2.45, 2.75) is 6.54 Å². The van der Waals surface area contributed by atoms with E-state index in [0.29, 0.717) is 23.3 Å². The van der Waals surface area contributed by atoms with E-state index in [1.54, 1.807) is 18.2 Å². The van der Waals surface area contributed by atoms with Crippen molar-refractivity contribution in [3.8, 4) is 0 Å².